The van der Waals surface area contributed by atoms with E-state index in [1.807, 2.05) is 24.3 Å². The normalized spacial score (nSPS) is 11.0. The minimum absolute atomic E-state index is 0.283. The molecule has 0 unspecified atom stereocenters. The number of hydrogen-bond acceptors (Lipinski definition) is 3. The van der Waals surface area contributed by atoms with E-state index in [0.717, 1.165) is 25.1 Å². The van der Waals surface area contributed by atoms with Crippen molar-refractivity contribution in [3.63, 3.8) is 0 Å². The first kappa shape index (κ1) is 15.8. The number of rotatable bonds is 7. The summed E-state index contributed by atoms with van der Waals surface area (Å²) in [6, 6.07) is 15.4. The van der Waals surface area contributed by atoms with Crippen LogP contribution in [-0.4, -0.2) is 23.1 Å². The Kier molecular flexibility index (Phi) is 6.05. The molecule has 0 aliphatic heterocycles. The van der Waals surface area contributed by atoms with Crippen LogP contribution in [0, 0.1) is 0 Å². The van der Waals surface area contributed by atoms with Crippen LogP contribution in [0.3, 0.4) is 0 Å². The molecule has 112 valence electrons. The smallest absolute Gasteiger partial charge is 0.120 e. The Labute approximate surface area is 131 Å². The second kappa shape index (κ2) is 8.03. The summed E-state index contributed by atoms with van der Waals surface area (Å²) in [5.41, 5.74) is 7.71. The number of halogens is 1. The third-order valence-electron chi connectivity index (χ3n) is 3.36. The fourth-order valence-electron chi connectivity index (χ4n) is 2.29. The summed E-state index contributed by atoms with van der Waals surface area (Å²) < 4.78 is 0. The predicted molar refractivity (Wildman–Crippen MR) is 87.3 cm³/mol. The number of phenolic OH excluding ortho intramolecular Hbond substituents is 1. The lowest BCUT2D eigenvalue weighted by atomic mass is 10.1. The van der Waals surface area contributed by atoms with E-state index in [2.05, 4.69) is 17.0 Å². The van der Waals surface area contributed by atoms with Gasteiger partial charge < -0.3 is 10.8 Å². The van der Waals surface area contributed by atoms with Gasteiger partial charge in [0.25, 0.3) is 0 Å². The van der Waals surface area contributed by atoms with Crippen LogP contribution in [0.5, 0.6) is 5.75 Å². The summed E-state index contributed by atoms with van der Waals surface area (Å²) in [4.78, 5) is 2.27. The van der Waals surface area contributed by atoms with Crippen molar-refractivity contribution in [2.24, 2.45) is 5.73 Å². The zero-order valence-electron chi connectivity index (χ0n) is 12.0. The minimum atomic E-state index is 0.283. The first-order valence-electron chi connectivity index (χ1n) is 7.13. The van der Waals surface area contributed by atoms with Gasteiger partial charge in [-0.3, -0.25) is 4.90 Å². The van der Waals surface area contributed by atoms with Gasteiger partial charge in [-0.15, -0.1) is 0 Å². The first-order chi connectivity index (χ1) is 10.2. The molecule has 0 radical (unpaired) electrons. The molecule has 3 N–H and O–H groups in total. The van der Waals surface area contributed by atoms with Crippen LogP contribution in [0.1, 0.15) is 17.5 Å². The number of hydrogen-bond donors (Lipinski definition) is 2. The van der Waals surface area contributed by atoms with Gasteiger partial charge >= 0.3 is 0 Å². The number of aromatic hydroxyl groups is 1. The third kappa shape index (κ3) is 5.05. The second-order valence-corrected chi connectivity index (χ2v) is 5.55. The Bertz CT molecular complexity index is 560. The van der Waals surface area contributed by atoms with E-state index in [1.54, 1.807) is 12.1 Å². The van der Waals surface area contributed by atoms with Crippen molar-refractivity contribution in [1.29, 1.82) is 0 Å². The van der Waals surface area contributed by atoms with Gasteiger partial charge in [0.1, 0.15) is 5.75 Å². The first-order valence-corrected chi connectivity index (χ1v) is 7.50. The molecule has 4 heteroatoms. The van der Waals surface area contributed by atoms with Crippen molar-refractivity contribution in [3.05, 3.63) is 64.7 Å². The maximum atomic E-state index is 9.97. The van der Waals surface area contributed by atoms with Gasteiger partial charge in [-0.1, -0.05) is 41.9 Å². The summed E-state index contributed by atoms with van der Waals surface area (Å²) in [5.74, 6) is 0.283. The fraction of sp³-hybridized carbons (Fsp3) is 0.294. The molecule has 0 aromatic heterocycles. The molecular formula is C17H21ClN2O. The molecule has 3 nitrogen and oxygen atoms in total. The van der Waals surface area contributed by atoms with Crippen LogP contribution in [0.2, 0.25) is 5.02 Å². The molecule has 2 rings (SSSR count). The number of phenols is 1. The van der Waals surface area contributed by atoms with E-state index < -0.39 is 0 Å². The lowest BCUT2D eigenvalue weighted by molar-refractivity contribution is 0.251. The molecule has 0 saturated heterocycles. The van der Waals surface area contributed by atoms with Crippen molar-refractivity contribution in [2.75, 3.05) is 13.1 Å². The summed E-state index contributed by atoms with van der Waals surface area (Å²) in [6.07, 6.45) is 0.925. The average Bonchev–Trinajstić information content (AvgIpc) is 2.49. The summed E-state index contributed by atoms with van der Waals surface area (Å²) in [6.45, 7) is 3.03. The average molecular weight is 305 g/mol. The molecule has 21 heavy (non-hydrogen) atoms. The maximum absolute atomic E-state index is 9.97. The number of nitrogens with two attached hydrogens (primary N) is 1. The van der Waals surface area contributed by atoms with Gasteiger partial charge in [0.2, 0.25) is 0 Å². The second-order valence-electron chi connectivity index (χ2n) is 5.11. The van der Waals surface area contributed by atoms with Gasteiger partial charge in [0.05, 0.1) is 0 Å². The molecule has 0 amide bonds. The Hall–Kier alpha value is -1.55. The highest BCUT2D eigenvalue weighted by atomic mass is 35.5. The molecule has 0 saturated carbocycles. The molecule has 2 aromatic rings. The van der Waals surface area contributed by atoms with E-state index in [1.165, 1.54) is 5.56 Å². The molecule has 0 bridgehead atoms. The van der Waals surface area contributed by atoms with E-state index in [0.29, 0.717) is 18.1 Å². The van der Waals surface area contributed by atoms with Crippen LogP contribution in [0.15, 0.2) is 48.5 Å². The summed E-state index contributed by atoms with van der Waals surface area (Å²) in [7, 11) is 0. The zero-order valence-corrected chi connectivity index (χ0v) is 12.8. The van der Waals surface area contributed by atoms with Crippen molar-refractivity contribution >= 4 is 11.6 Å². The molecule has 0 heterocycles. The van der Waals surface area contributed by atoms with Gasteiger partial charge in [-0.25, -0.2) is 0 Å². The van der Waals surface area contributed by atoms with Gasteiger partial charge in [0, 0.05) is 30.2 Å². The Balaban J connectivity index is 2.10. The van der Waals surface area contributed by atoms with E-state index in [4.69, 9.17) is 17.3 Å². The topological polar surface area (TPSA) is 49.5 Å². The van der Waals surface area contributed by atoms with Crippen LogP contribution in [0.4, 0.5) is 0 Å². The third-order valence-corrected chi connectivity index (χ3v) is 3.60. The molecule has 0 fully saturated rings. The Morgan fingerprint density at radius 1 is 1.05 bits per heavy atom. The quantitative estimate of drug-likeness (QED) is 0.824. The lowest BCUT2D eigenvalue weighted by Gasteiger charge is -2.23. The molecule has 0 aliphatic carbocycles. The standard InChI is InChI=1S/C17H21ClN2O/c18-16-7-8-17(21)15(11-16)13-20(10-4-9-19)12-14-5-2-1-3-6-14/h1-3,5-8,11,21H,4,9-10,12-13,19H2. The molecular weight excluding hydrogens is 284 g/mol. The van der Waals surface area contributed by atoms with Gasteiger partial charge in [-0.2, -0.15) is 0 Å². The minimum Gasteiger partial charge on any atom is -0.508 e. The maximum Gasteiger partial charge on any atom is 0.120 e. The summed E-state index contributed by atoms with van der Waals surface area (Å²) in [5, 5.41) is 10.6. The van der Waals surface area contributed by atoms with E-state index in [-0.39, 0.29) is 5.75 Å². The highest BCUT2D eigenvalue weighted by Crippen LogP contribution is 2.23. The molecule has 2 aromatic carbocycles. The highest BCUT2D eigenvalue weighted by Gasteiger charge is 2.10. The SMILES string of the molecule is NCCCN(Cc1ccccc1)Cc1cc(Cl)ccc1O. The number of nitrogens with zero attached hydrogens (tertiary/aromatic N) is 1. The van der Waals surface area contributed by atoms with Crippen LogP contribution in [-0.2, 0) is 13.1 Å². The van der Waals surface area contributed by atoms with Crippen LogP contribution >= 0.6 is 11.6 Å². The van der Waals surface area contributed by atoms with E-state index >= 15 is 0 Å². The molecule has 0 atom stereocenters. The van der Waals surface area contributed by atoms with Crippen molar-refractivity contribution in [2.45, 2.75) is 19.5 Å². The van der Waals surface area contributed by atoms with Gasteiger partial charge in [0.15, 0.2) is 0 Å². The van der Waals surface area contributed by atoms with Crippen LogP contribution in [0.25, 0.3) is 0 Å². The lowest BCUT2D eigenvalue weighted by Crippen LogP contribution is -2.25. The van der Waals surface area contributed by atoms with Crippen LogP contribution < -0.4 is 5.73 Å². The summed E-state index contributed by atoms with van der Waals surface area (Å²) >= 11 is 6.02. The Morgan fingerprint density at radius 2 is 1.81 bits per heavy atom. The van der Waals surface area contributed by atoms with Crippen molar-refractivity contribution in [1.82, 2.24) is 4.90 Å². The van der Waals surface area contributed by atoms with Crippen molar-refractivity contribution < 1.29 is 5.11 Å². The fourth-order valence-corrected chi connectivity index (χ4v) is 2.49. The monoisotopic (exact) mass is 304 g/mol. The van der Waals surface area contributed by atoms with Crippen molar-refractivity contribution in [3.8, 4) is 5.75 Å². The largest absolute Gasteiger partial charge is 0.508 e. The zero-order chi connectivity index (χ0) is 15.1. The Morgan fingerprint density at radius 3 is 2.52 bits per heavy atom. The highest BCUT2D eigenvalue weighted by molar-refractivity contribution is 6.30. The molecule has 0 spiro atoms. The predicted octanol–water partition coefficient (Wildman–Crippen LogP) is 3.40. The van der Waals surface area contributed by atoms with E-state index in [9.17, 15) is 5.11 Å². The van der Waals surface area contributed by atoms with Gasteiger partial charge in [-0.05, 0) is 36.7 Å². The number of benzene rings is 2. The molecule has 0 aliphatic rings.